The van der Waals surface area contributed by atoms with Gasteiger partial charge in [-0.2, -0.15) is 0 Å². The van der Waals surface area contributed by atoms with E-state index in [0.717, 1.165) is 22.7 Å². The predicted octanol–water partition coefficient (Wildman–Crippen LogP) is 4.22. The van der Waals surface area contributed by atoms with Crippen LogP contribution in [0, 0.1) is 5.82 Å². The molecular weight excluding hydrogens is 461 g/mol. The van der Waals surface area contributed by atoms with E-state index >= 15 is 0 Å². The Morgan fingerprint density at radius 3 is 2.58 bits per heavy atom. The van der Waals surface area contributed by atoms with Crippen molar-refractivity contribution in [3.8, 4) is 0 Å². The van der Waals surface area contributed by atoms with Gasteiger partial charge in [0.2, 0.25) is 11.0 Å². The molecule has 0 fully saturated rings. The zero-order valence-electron chi connectivity index (χ0n) is 17.9. The smallest absolute Gasteiger partial charge is 0.236 e. The highest BCUT2D eigenvalue weighted by molar-refractivity contribution is 7.99. The Balaban J connectivity index is 1.45. The van der Waals surface area contributed by atoms with Crippen LogP contribution in [0.5, 0.6) is 0 Å². The van der Waals surface area contributed by atoms with Crippen LogP contribution in [-0.2, 0) is 24.3 Å². The van der Waals surface area contributed by atoms with Crippen LogP contribution in [0.15, 0.2) is 59.8 Å². The average Bonchev–Trinajstić information content (AvgIpc) is 3.44. The molecule has 2 heterocycles. The standard InChI is InChI=1S/C22H22FN7OS2/c1-2-20-27-28-21(33-20)25-19(31)14-32-22-29-26-18(12-24-17-10-8-16(23)9-11-17)30(22)13-15-6-4-3-5-7-15/h3-11,24H,2,12-14H2,1H3,(H,25,28,31). The molecule has 0 radical (unpaired) electrons. The number of anilines is 2. The van der Waals surface area contributed by atoms with Gasteiger partial charge < -0.3 is 9.88 Å². The molecule has 0 saturated heterocycles. The van der Waals surface area contributed by atoms with Gasteiger partial charge in [-0.25, -0.2) is 4.39 Å². The monoisotopic (exact) mass is 483 g/mol. The summed E-state index contributed by atoms with van der Waals surface area (Å²) in [5, 5.41) is 24.6. The lowest BCUT2D eigenvalue weighted by atomic mass is 10.2. The number of nitrogens with zero attached hydrogens (tertiary/aromatic N) is 5. The number of halogens is 1. The molecule has 4 aromatic rings. The number of aromatic nitrogens is 5. The third-order valence-electron chi connectivity index (χ3n) is 4.62. The van der Waals surface area contributed by atoms with Gasteiger partial charge in [-0.3, -0.25) is 10.1 Å². The minimum Gasteiger partial charge on any atom is -0.378 e. The number of hydrogen-bond donors (Lipinski definition) is 2. The second-order valence-electron chi connectivity index (χ2n) is 7.02. The van der Waals surface area contributed by atoms with E-state index in [1.165, 1.54) is 35.2 Å². The van der Waals surface area contributed by atoms with E-state index in [0.29, 0.717) is 29.2 Å². The van der Waals surface area contributed by atoms with E-state index in [-0.39, 0.29) is 17.5 Å². The molecule has 0 unspecified atom stereocenters. The Bertz CT molecular complexity index is 1200. The Kier molecular flexibility index (Phi) is 7.63. The van der Waals surface area contributed by atoms with Gasteiger partial charge in [0.1, 0.15) is 10.8 Å². The minimum absolute atomic E-state index is 0.166. The summed E-state index contributed by atoms with van der Waals surface area (Å²) in [6.07, 6.45) is 0.777. The molecule has 0 aliphatic carbocycles. The number of nitrogens with one attached hydrogen (secondary N) is 2. The molecule has 4 rings (SSSR count). The normalized spacial score (nSPS) is 10.8. The molecule has 0 bridgehead atoms. The van der Waals surface area contributed by atoms with Crippen molar-refractivity contribution in [1.29, 1.82) is 0 Å². The van der Waals surface area contributed by atoms with Gasteiger partial charge in [0.15, 0.2) is 11.0 Å². The minimum atomic E-state index is -0.288. The van der Waals surface area contributed by atoms with Crippen molar-refractivity contribution in [3.63, 3.8) is 0 Å². The van der Waals surface area contributed by atoms with Gasteiger partial charge in [-0.05, 0) is 36.2 Å². The highest BCUT2D eigenvalue weighted by atomic mass is 32.2. The van der Waals surface area contributed by atoms with Crippen LogP contribution in [0.3, 0.4) is 0 Å². The summed E-state index contributed by atoms with van der Waals surface area (Å²) in [5.74, 6) is 0.408. The number of thioether (sulfide) groups is 1. The fraction of sp³-hybridized carbons (Fsp3) is 0.227. The Morgan fingerprint density at radius 2 is 1.85 bits per heavy atom. The highest BCUT2D eigenvalue weighted by Crippen LogP contribution is 2.21. The molecular formula is C22H22FN7OS2. The largest absolute Gasteiger partial charge is 0.378 e. The quantitative estimate of drug-likeness (QED) is 0.326. The maximum Gasteiger partial charge on any atom is 0.236 e. The first-order valence-electron chi connectivity index (χ1n) is 10.3. The molecule has 0 aliphatic heterocycles. The Hall–Kier alpha value is -3.31. The molecule has 2 aromatic heterocycles. The van der Waals surface area contributed by atoms with Crippen LogP contribution >= 0.6 is 23.1 Å². The van der Waals surface area contributed by atoms with Crippen LogP contribution in [0.25, 0.3) is 0 Å². The number of benzene rings is 2. The predicted molar refractivity (Wildman–Crippen MR) is 128 cm³/mol. The van der Waals surface area contributed by atoms with Crippen molar-refractivity contribution in [2.45, 2.75) is 31.6 Å². The first-order valence-corrected chi connectivity index (χ1v) is 12.1. The van der Waals surface area contributed by atoms with Crippen LogP contribution in [0.2, 0.25) is 0 Å². The van der Waals surface area contributed by atoms with Crippen molar-refractivity contribution in [2.24, 2.45) is 0 Å². The molecule has 0 aliphatic rings. The molecule has 11 heteroatoms. The molecule has 1 amide bonds. The molecule has 8 nitrogen and oxygen atoms in total. The lowest BCUT2D eigenvalue weighted by Gasteiger charge is -2.11. The summed E-state index contributed by atoms with van der Waals surface area (Å²) in [5.41, 5.74) is 1.87. The van der Waals surface area contributed by atoms with E-state index in [9.17, 15) is 9.18 Å². The number of hydrogen-bond acceptors (Lipinski definition) is 8. The second-order valence-corrected chi connectivity index (χ2v) is 9.03. The SMILES string of the molecule is CCc1nnc(NC(=O)CSc2nnc(CNc3ccc(F)cc3)n2Cc2ccccc2)s1. The van der Waals surface area contributed by atoms with E-state index < -0.39 is 0 Å². The third-order valence-corrected chi connectivity index (χ3v) is 6.57. The highest BCUT2D eigenvalue weighted by Gasteiger charge is 2.16. The third kappa shape index (κ3) is 6.36. The number of carbonyl (C=O) groups is 1. The van der Waals surface area contributed by atoms with Crippen LogP contribution in [-0.4, -0.2) is 36.6 Å². The topological polar surface area (TPSA) is 97.6 Å². The summed E-state index contributed by atoms with van der Waals surface area (Å²) < 4.78 is 15.1. The Labute approximate surface area is 198 Å². The maximum atomic E-state index is 13.2. The summed E-state index contributed by atoms with van der Waals surface area (Å²) in [6.45, 7) is 2.96. The first-order chi connectivity index (χ1) is 16.1. The summed E-state index contributed by atoms with van der Waals surface area (Å²) in [6, 6.07) is 16.1. The van der Waals surface area contributed by atoms with Crippen molar-refractivity contribution >= 4 is 39.8 Å². The van der Waals surface area contributed by atoms with E-state index in [1.807, 2.05) is 41.8 Å². The lowest BCUT2D eigenvalue weighted by molar-refractivity contribution is -0.113. The molecule has 0 spiro atoms. The molecule has 170 valence electrons. The van der Waals surface area contributed by atoms with Crippen molar-refractivity contribution < 1.29 is 9.18 Å². The summed E-state index contributed by atoms with van der Waals surface area (Å²) >= 11 is 2.68. The second kappa shape index (κ2) is 11.0. The fourth-order valence-electron chi connectivity index (χ4n) is 2.96. The molecule has 0 atom stereocenters. The number of aryl methyl sites for hydroxylation is 1. The van der Waals surface area contributed by atoms with Crippen molar-refractivity contribution in [2.75, 3.05) is 16.4 Å². The zero-order valence-corrected chi connectivity index (χ0v) is 19.5. The van der Waals surface area contributed by atoms with E-state index in [1.54, 1.807) is 12.1 Å². The summed E-state index contributed by atoms with van der Waals surface area (Å²) in [4.78, 5) is 12.4. The number of carbonyl (C=O) groups excluding carboxylic acids is 1. The van der Waals surface area contributed by atoms with Gasteiger partial charge in [0.05, 0.1) is 18.8 Å². The lowest BCUT2D eigenvalue weighted by Crippen LogP contribution is -2.15. The first kappa shape index (κ1) is 22.9. The van der Waals surface area contributed by atoms with Gasteiger partial charge in [0, 0.05) is 5.69 Å². The molecule has 0 saturated carbocycles. The molecule has 33 heavy (non-hydrogen) atoms. The van der Waals surface area contributed by atoms with Crippen LogP contribution < -0.4 is 10.6 Å². The summed E-state index contributed by atoms with van der Waals surface area (Å²) in [7, 11) is 0. The fourth-order valence-corrected chi connectivity index (χ4v) is 4.41. The van der Waals surface area contributed by atoms with Gasteiger partial charge >= 0.3 is 0 Å². The van der Waals surface area contributed by atoms with Gasteiger partial charge in [0.25, 0.3) is 0 Å². The number of amides is 1. The zero-order chi connectivity index (χ0) is 23.0. The molecule has 2 N–H and O–H groups in total. The maximum absolute atomic E-state index is 13.2. The van der Waals surface area contributed by atoms with Crippen LogP contribution in [0.4, 0.5) is 15.2 Å². The van der Waals surface area contributed by atoms with E-state index in [4.69, 9.17) is 0 Å². The van der Waals surface area contributed by atoms with Gasteiger partial charge in [-0.15, -0.1) is 20.4 Å². The molecule has 2 aromatic carbocycles. The van der Waals surface area contributed by atoms with Crippen LogP contribution in [0.1, 0.15) is 23.3 Å². The van der Waals surface area contributed by atoms with E-state index in [2.05, 4.69) is 31.0 Å². The average molecular weight is 484 g/mol. The van der Waals surface area contributed by atoms with Crippen molar-refractivity contribution in [3.05, 3.63) is 76.8 Å². The Morgan fingerprint density at radius 1 is 1.06 bits per heavy atom. The van der Waals surface area contributed by atoms with Gasteiger partial charge in [-0.1, -0.05) is 60.4 Å². The number of rotatable bonds is 10. The van der Waals surface area contributed by atoms with Crippen molar-refractivity contribution in [1.82, 2.24) is 25.0 Å².